The van der Waals surface area contributed by atoms with E-state index in [1.807, 2.05) is 48.5 Å². The van der Waals surface area contributed by atoms with E-state index in [0.717, 1.165) is 86.2 Å². The molecule has 2 aromatic rings. The minimum Gasteiger partial charge on any atom is -0.289 e. The summed E-state index contributed by atoms with van der Waals surface area (Å²) in [5, 5.41) is 39.2. The number of hydrogen-bond acceptors (Lipinski definition) is 6. The van der Waals surface area contributed by atoms with Crippen molar-refractivity contribution in [3.63, 3.8) is 0 Å². The molecule has 3 fully saturated rings. The Kier molecular flexibility index (Phi) is 17.2. The number of rotatable bonds is 4. The van der Waals surface area contributed by atoms with Gasteiger partial charge >= 0.3 is 0 Å². The van der Waals surface area contributed by atoms with Crippen LogP contribution in [0.2, 0.25) is 0 Å². The van der Waals surface area contributed by atoms with Crippen molar-refractivity contribution in [2.45, 2.75) is 167 Å². The second-order valence-electron chi connectivity index (χ2n) is 19.8. The van der Waals surface area contributed by atoms with Gasteiger partial charge in [-0.25, -0.2) is 0 Å². The Hall–Kier alpha value is -5.30. The summed E-state index contributed by atoms with van der Waals surface area (Å²) in [5.41, 5.74) is 4.91. The summed E-state index contributed by atoms with van der Waals surface area (Å²) in [4.78, 5) is 27.2. The largest absolute Gasteiger partial charge is 0.289 e. The van der Waals surface area contributed by atoms with Crippen LogP contribution in [0.1, 0.15) is 199 Å². The van der Waals surface area contributed by atoms with E-state index in [2.05, 4.69) is 36.4 Å². The van der Waals surface area contributed by atoms with E-state index in [1.54, 1.807) is 0 Å². The van der Waals surface area contributed by atoms with Gasteiger partial charge in [0.05, 0.1) is 0 Å². The third kappa shape index (κ3) is 11.3. The molecule has 5 aliphatic carbocycles. The fraction of sp³-hybridized carbons (Fsp3) is 0.552. The van der Waals surface area contributed by atoms with Gasteiger partial charge in [-0.2, -0.15) is 21.0 Å². The molecule has 3 unspecified atom stereocenters. The van der Waals surface area contributed by atoms with Gasteiger partial charge in [0.1, 0.15) is 35.4 Å². The highest BCUT2D eigenvalue weighted by molar-refractivity contribution is 6.28. The van der Waals surface area contributed by atoms with E-state index in [1.165, 1.54) is 116 Å². The summed E-state index contributed by atoms with van der Waals surface area (Å²) in [6, 6.07) is 23.1. The molecule has 0 heterocycles. The zero-order chi connectivity index (χ0) is 44.7. The quantitative estimate of drug-likeness (QED) is 0.222. The van der Waals surface area contributed by atoms with Crippen molar-refractivity contribution < 1.29 is 9.59 Å². The zero-order valence-corrected chi connectivity index (χ0v) is 38.2. The van der Waals surface area contributed by atoms with Crippen LogP contribution >= 0.6 is 0 Å². The van der Waals surface area contributed by atoms with Crippen LogP contribution < -0.4 is 0 Å². The molecule has 6 nitrogen and oxygen atoms in total. The third-order valence-corrected chi connectivity index (χ3v) is 15.9. The Morgan fingerprint density at radius 2 is 0.625 bits per heavy atom. The van der Waals surface area contributed by atoms with Crippen molar-refractivity contribution in [3.05, 3.63) is 105 Å². The summed E-state index contributed by atoms with van der Waals surface area (Å²) >= 11 is 0. The number of hydrogen-bond donors (Lipinski definition) is 0. The van der Waals surface area contributed by atoms with Crippen LogP contribution in [0.3, 0.4) is 0 Å². The molecule has 4 atom stereocenters. The van der Waals surface area contributed by atoms with Gasteiger partial charge in [-0.05, 0) is 72.3 Å². The van der Waals surface area contributed by atoms with Crippen molar-refractivity contribution in [2.75, 3.05) is 0 Å². The van der Waals surface area contributed by atoms with Crippen molar-refractivity contribution in [3.8, 4) is 24.3 Å². The molecule has 0 spiro atoms. The first kappa shape index (κ1) is 46.7. The maximum absolute atomic E-state index is 13.6. The first-order valence-electron chi connectivity index (χ1n) is 25.3. The topological polar surface area (TPSA) is 129 Å². The molecule has 7 rings (SSSR count). The van der Waals surface area contributed by atoms with E-state index in [0.29, 0.717) is 33.4 Å². The number of ketones is 2. The van der Waals surface area contributed by atoms with Gasteiger partial charge in [-0.1, -0.05) is 202 Å². The van der Waals surface area contributed by atoms with Crippen LogP contribution in [0.15, 0.2) is 83.0 Å². The van der Waals surface area contributed by atoms with Gasteiger partial charge in [0.15, 0.2) is 11.6 Å². The monoisotopic (exact) mass is 853 g/mol. The van der Waals surface area contributed by atoms with Crippen molar-refractivity contribution in [1.82, 2.24) is 0 Å². The SMILES string of the molecule is N#CC(C#N)=C1/C(=C/C2CCCCCC(C3CCCCC[C@H](C4CCCCC(/C=C5\C(=O)c6ccccc6C5=C(C#N)C#N)CCCC4)CCCC3)CCCC2)C(=O)c2ccccc21. The molecule has 0 aromatic heterocycles. The van der Waals surface area contributed by atoms with Crippen LogP contribution in [0.4, 0.5) is 0 Å². The summed E-state index contributed by atoms with van der Waals surface area (Å²) in [6.07, 6.45) is 36.8. The molecule has 0 amide bonds. The normalized spacial score (nSPS) is 27.9. The third-order valence-electron chi connectivity index (χ3n) is 15.9. The van der Waals surface area contributed by atoms with Crippen LogP contribution in [0, 0.1) is 80.8 Å². The lowest BCUT2D eigenvalue weighted by Crippen LogP contribution is -2.17. The second kappa shape index (κ2) is 23.6. The first-order valence-corrected chi connectivity index (χ1v) is 25.3. The highest BCUT2D eigenvalue weighted by atomic mass is 16.1. The number of allylic oxidation sites excluding steroid dienone is 8. The first-order chi connectivity index (χ1) is 31.4. The number of Topliss-reactive ketones (excluding diaryl/α,β-unsaturated/α-hetero) is 2. The van der Waals surface area contributed by atoms with Crippen molar-refractivity contribution in [2.24, 2.45) is 35.5 Å². The average Bonchev–Trinajstić information content (AvgIpc) is 3.70. The van der Waals surface area contributed by atoms with Gasteiger partial charge in [0.25, 0.3) is 0 Å². The maximum atomic E-state index is 13.6. The van der Waals surface area contributed by atoms with E-state index < -0.39 is 0 Å². The van der Waals surface area contributed by atoms with Gasteiger partial charge in [-0.15, -0.1) is 0 Å². The highest BCUT2D eigenvalue weighted by Crippen LogP contribution is 2.43. The molecule has 332 valence electrons. The summed E-state index contributed by atoms with van der Waals surface area (Å²) < 4.78 is 0. The zero-order valence-electron chi connectivity index (χ0n) is 38.2. The molecule has 64 heavy (non-hydrogen) atoms. The van der Waals surface area contributed by atoms with Crippen LogP contribution in [-0.4, -0.2) is 11.6 Å². The molecular formula is C58H68N4O2. The summed E-state index contributed by atoms with van der Waals surface area (Å²) in [5.74, 6) is 3.74. The van der Waals surface area contributed by atoms with Crippen LogP contribution in [-0.2, 0) is 0 Å². The van der Waals surface area contributed by atoms with E-state index >= 15 is 0 Å². The van der Waals surface area contributed by atoms with Gasteiger partial charge < -0.3 is 0 Å². The lowest BCUT2D eigenvalue weighted by Gasteiger charge is -2.29. The van der Waals surface area contributed by atoms with Gasteiger partial charge in [0, 0.05) is 33.4 Å². The number of carbonyl (C=O) groups is 2. The predicted molar refractivity (Wildman–Crippen MR) is 255 cm³/mol. The average molecular weight is 853 g/mol. The Bertz CT molecular complexity index is 2250. The molecule has 3 saturated carbocycles. The molecule has 0 radical (unpaired) electrons. The summed E-state index contributed by atoms with van der Waals surface area (Å²) in [6.45, 7) is 0. The molecule has 0 bridgehead atoms. The highest BCUT2D eigenvalue weighted by Gasteiger charge is 2.35. The second-order valence-corrected chi connectivity index (χ2v) is 19.8. The van der Waals surface area contributed by atoms with Gasteiger partial charge in [0.2, 0.25) is 0 Å². The molecule has 0 aliphatic heterocycles. The predicted octanol–water partition coefficient (Wildman–Crippen LogP) is 15.1. The van der Waals surface area contributed by atoms with Gasteiger partial charge in [-0.3, -0.25) is 9.59 Å². The van der Waals surface area contributed by atoms with E-state index in [4.69, 9.17) is 0 Å². The Morgan fingerprint density at radius 1 is 0.375 bits per heavy atom. The van der Waals surface area contributed by atoms with Crippen molar-refractivity contribution in [1.29, 1.82) is 21.0 Å². The minimum atomic E-state index is -0.0484. The number of carbonyl (C=O) groups excluding carboxylic acids is 2. The smallest absolute Gasteiger partial charge is 0.194 e. The van der Waals surface area contributed by atoms with Crippen molar-refractivity contribution >= 4 is 22.7 Å². The lowest BCUT2D eigenvalue weighted by atomic mass is 9.76. The molecule has 0 saturated heterocycles. The fourth-order valence-corrected chi connectivity index (χ4v) is 12.5. The number of benzene rings is 2. The number of nitriles is 4. The molecular weight excluding hydrogens is 785 g/mol. The lowest BCUT2D eigenvalue weighted by molar-refractivity contribution is 0.103. The molecule has 6 heteroatoms. The molecule has 2 aromatic carbocycles. The Morgan fingerprint density at radius 3 is 0.922 bits per heavy atom. The molecule has 0 N–H and O–H groups in total. The fourth-order valence-electron chi connectivity index (χ4n) is 12.5. The Labute approximate surface area is 383 Å². The van der Waals surface area contributed by atoms with Crippen LogP contribution in [0.5, 0.6) is 0 Å². The van der Waals surface area contributed by atoms with E-state index in [9.17, 15) is 30.6 Å². The standard InChI is InChI=1S/C58H68N4O2/c59-37-47(38-60)55-49-31-15-17-33-51(49)57(63)53(55)35-41-19-3-1-4-23-43(26-10-7-20-41)44-24-5-2-6-25-45(30-14-13-29-44)46-27-11-8-21-42(22-9-12-28-46)36-54-56(48(39-61)40-62)50-32-16-18-34-52(50)58(54)64/h15-18,31-36,41-46H,1-14,19-30H2/b53-35-,54-36-/t41?,42?,43?,44?,45-,46?/m0/s1. The number of fused-ring (bicyclic) bond motifs is 2. The Balaban J connectivity index is 0.907. The molecule has 5 aliphatic rings. The number of nitrogens with zero attached hydrogens (tertiary/aromatic N) is 4. The maximum Gasteiger partial charge on any atom is 0.194 e. The summed E-state index contributed by atoms with van der Waals surface area (Å²) in [7, 11) is 0. The van der Waals surface area contributed by atoms with Crippen LogP contribution in [0.25, 0.3) is 11.1 Å². The van der Waals surface area contributed by atoms with E-state index in [-0.39, 0.29) is 34.5 Å². The minimum absolute atomic E-state index is 0.0324.